The largest absolute Gasteiger partial charge is 0.496 e. The van der Waals surface area contributed by atoms with Crippen molar-refractivity contribution in [1.82, 2.24) is 0 Å². The molecule has 1 nitrogen and oxygen atoms in total. The van der Waals surface area contributed by atoms with Crippen molar-refractivity contribution in [2.75, 3.05) is 12.9 Å². The summed E-state index contributed by atoms with van der Waals surface area (Å²) in [7, 11) is 1.72. The quantitative estimate of drug-likeness (QED) is 0.749. The summed E-state index contributed by atoms with van der Waals surface area (Å²) in [5.74, 6) is 2.42. The third-order valence-electron chi connectivity index (χ3n) is 2.48. The van der Waals surface area contributed by atoms with Gasteiger partial charge in [0, 0.05) is 0 Å². The normalized spacial score (nSPS) is 12.6. The van der Waals surface area contributed by atoms with E-state index in [4.69, 9.17) is 4.74 Å². The first-order valence-electron chi connectivity index (χ1n) is 4.94. The third kappa shape index (κ3) is 2.68. The monoisotopic (exact) mass is 210 g/mol. The second kappa shape index (κ2) is 5.30. The number of hydrogen-bond donors (Lipinski definition) is 1. The molecule has 0 aromatic heterocycles. The maximum Gasteiger partial charge on any atom is 0.122 e. The Morgan fingerprint density at radius 1 is 1.43 bits per heavy atom. The van der Waals surface area contributed by atoms with Crippen LogP contribution >= 0.6 is 12.6 Å². The van der Waals surface area contributed by atoms with Crippen molar-refractivity contribution in [2.45, 2.75) is 26.2 Å². The fourth-order valence-electron chi connectivity index (χ4n) is 1.59. The van der Waals surface area contributed by atoms with E-state index in [1.807, 2.05) is 6.07 Å². The van der Waals surface area contributed by atoms with Crippen molar-refractivity contribution < 1.29 is 4.74 Å². The van der Waals surface area contributed by atoms with Gasteiger partial charge in [0.05, 0.1) is 7.11 Å². The van der Waals surface area contributed by atoms with Crippen LogP contribution in [0.5, 0.6) is 5.75 Å². The number of methoxy groups -OCH3 is 1. The van der Waals surface area contributed by atoms with Crippen LogP contribution in [0.25, 0.3) is 0 Å². The van der Waals surface area contributed by atoms with E-state index >= 15 is 0 Å². The van der Waals surface area contributed by atoms with E-state index < -0.39 is 0 Å². The zero-order chi connectivity index (χ0) is 10.6. The molecule has 0 saturated carbocycles. The van der Waals surface area contributed by atoms with Crippen LogP contribution in [-0.2, 0) is 0 Å². The highest BCUT2D eigenvalue weighted by Crippen LogP contribution is 2.29. The van der Waals surface area contributed by atoms with Gasteiger partial charge in [0.1, 0.15) is 5.75 Å². The van der Waals surface area contributed by atoms with Crippen LogP contribution < -0.4 is 4.74 Å². The summed E-state index contributed by atoms with van der Waals surface area (Å²) < 4.78 is 5.34. The molecule has 0 heterocycles. The first-order valence-corrected chi connectivity index (χ1v) is 5.57. The molecule has 0 N–H and O–H groups in total. The summed E-state index contributed by atoms with van der Waals surface area (Å²) in [6.45, 7) is 4.32. The van der Waals surface area contributed by atoms with Gasteiger partial charge in [0.25, 0.3) is 0 Å². The van der Waals surface area contributed by atoms with Crippen molar-refractivity contribution >= 4 is 12.6 Å². The fraction of sp³-hybridized carbons (Fsp3) is 0.500. The molecule has 1 aromatic carbocycles. The van der Waals surface area contributed by atoms with Gasteiger partial charge in [-0.1, -0.05) is 24.6 Å². The smallest absolute Gasteiger partial charge is 0.122 e. The second-order valence-corrected chi connectivity index (χ2v) is 4.11. The zero-order valence-electron chi connectivity index (χ0n) is 9.08. The first kappa shape index (κ1) is 11.4. The molecule has 1 unspecified atom stereocenters. The summed E-state index contributed by atoms with van der Waals surface area (Å²) in [5, 5.41) is 0. The molecule has 78 valence electrons. The van der Waals surface area contributed by atoms with Crippen LogP contribution in [-0.4, -0.2) is 12.9 Å². The molecule has 0 aliphatic rings. The van der Waals surface area contributed by atoms with Crippen LogP contribution in [0.1, 0.15) is 30.4 Å². The molecular formula is C12H18OS. The lowest BCUT2D eigenvalue weighted by Crippen LogP contribution is -1.99. The van der Waals surface area contributed by atoms with E-state index in [9.17, 15) is 0 Å². The SMILES string of the molecule is COc1ccc(C)cc1C(C)CCS. The number of ether oxygens (including phenoxy) is 1. The zero-order valence-corrected chi connectivity index (χ0v) is 9.97. The summed E-state index contributed by atoms with van der Waals surface area (Å²) >= 11 is 4.26. The summed E-state index contributed by atoms with van der Waals surface area (Å²) in [4.78, 5) is 0. The topological polar surface area (TPSA) is 9.23 Å². The van der Waals surface area contributed by atoms with Gasteiger partial charge in [-0.3, -0.25) is 0 Å². The van der Waals surface area contributed by atoms with Crippen molar-refractivity contribution in [3.05, 3.63) is 29.3 Å². The Morgan fingerprint density at radius 2 is 2.14 bits per heavy atom. The molecule has 0 aliphatic carbocycles. The Bertz CT molecular complexity index is 296. The highest BCUT2D eigenvalue weighted by atomic mass is 32.1. The summed E-state index contributed by atoms with van der Waals surface area (Å²) in [5.41, 5.74) is 2.58. The van der Waals surface area contributed by atoms with Crippen LogP contribution in [0.3, 0.4) is 0 Å². The number of rotatable bonds is 4. The lowest BCUT2D eigenvalue weighted by molar-refractivity contribution is 0.406. The van der Waals surface area contributed by atoms with Crippen LogP contribution in [0.15, 0.2) is 18.2 Å². The van der Waals surface area contributed by atoms with Crippen molar-refractivity contribution in [3.8, 4) is 5.75 Å². The molecule has 0 spiro atoms. The lowest BCUT2D eigenvalue weighted by Gasteiger charge is -2.15. The molecule has 0 aliphatic heterocycles. The Balaban J connectivity index is 2.97. The Kier molecular flexibility index (Phi) is 4.33. The predicted octanol–water partition coefficient (Wildman–Crippen LogP) is 3.43. The van der Waals surface area contributed by atoms with Crippen molar-refractivity contribution in [3.63, 3.8) is 0 Å². The standard InChI is InChI=1S/C12H18OS/c1-9-4-5-12(13-3)11(8-9)10(2)6-7-14/h4-5,8,10,14H,6-7H2,1-3H3. The summed E-state index contributed by atoms with van der Waals surface area (Å²) in [6.07, 6.45) is 1.09. The predicted molar refractivity (Wildman–Crippen MR) is 64.6 cm³/mol. The number of thiol groups is 1. The molecular weight excluding hydrogens is 192 g/mol. The van der Waals surface area contributed by atoms with E-state index in [2.05, 4.69) is 38.6 Å². The minimum atomic E-state index is 0.516. The Labute approximate surface area is 91.9 Å². The molecule has 0 saturated heterocycles. The molecule has 1 rings (SSSR count). The number of aryl methyl sites for hydroxylation is 1. The molecule has 0 radical (unpaired) electrons. The van der Waals surface area contributed by atoms with E-state index in [1.54, 1.807) is 7.11 Å². The highest BCUT2D eigenvalue weighted by Gasteiger charge is 2.10. The molecule has 0 amide bonds. The second-order valence-electron chi connectivity index (χ2n) is 3.66. The molecule has 2 heteroatoms. The molecule has 14 heavy (non-hydrogen) atoms. The maximum absolute atomic E-state index is 5.34. The maximum atomic E-state index is 5.34. The van der Waals surface area contributed by atoms with Gasteiger partial charge in [-0.25, -0.2) is 0 Å². The molecule has 1 atom stereocenters. The van der Waals surface area contributed by atoms with Gasteiger partial charge in [0.2, 0.25) is 0 Å². The minimum absolute atomic E-state index is 0.516. The minimum Gasteiger partial charge on any atom is -0.496 e. The van der Waals surface area contributed by atoms with Crippen LogP contribution in [0.2, 0.25) is 0 Å². The number of benzene rings is 1. The average molecular weight is 210 g/mol. The van der Waals surface area contributed by atoms with Gasteiger partial charge >= 0.3 is 0 Å². The van der Waals surface area contributed by atoms with E-state index in [0.717, 1.165) is 17.9 Å². The van der Waals surface area contributed by atoms with E-state index in [-0.39, 0.29) is 0 Å². The van der Waals surface area contributed by atoms with Crippen LogP contribution in [0.4, 0.5) is 0 Å². The lowest BCUT2D eigenvalue weighted by atomic mass is 9.96. The summed E-state index contributed by atoms with van der Waals surface area (Å²) in [6, 6.07) is 6.32. The highest BCUT2D eigenvalue weighted by molar-refractivity contribution is 7.80. The molecule has 0 fully saturated rings. The average Bonchev–Trinajstić information content (AvgIpc) is 2.18. The molecule has 1 aromatic rings. The van der Waals surface area contributed by atoms with E-state index in [1.165, 1.54) is 11.1 Å². The first-order chi connectivity index (χ1) is 6.69. The van der Waals surface area contributed by atoms with Gasteiger partial charge in [-0.05, 0) is 36.6 Å². The third-order valence-corrected chi connectivity index (χ3v) is 2.74. The van der Waals surface area contributed by atoms with Gasteiger partial charge < -0.3 is 4.74 Å². The molecule has 0 bridgehead atoms. The Hall–Kier alpha value is -0.630. The fourth-order valence-corrected chi connectivity index (χ4v) is 1.98. The van der Waals surface area contributed by atoms with Crippen molar-refractivity contribution in [2.24, 2.45) is 0 Å². The van der Waals surface area contributed by atoms with Crippen molar-refractivity contribution in [1.29, 1.82) is 0 Å². The van der Waals surface area contributed by atoms with Gasteiger partial charge in [-0.15, -0.1) is 0 Å². The van der Waals surface area contributed by atoms with E-state index in [0.29, 0.717) is 5.92 Å². The Morgan fingerprint density at radius 3 is 2.71 bits per heavy atom. The van der Waals surface area contributed by atoms with Gasteiger partial charge in [0.15, 0.2) is 0 Å². The van der Waals surface area contributed by atoms with Gasteiger partial charge in [-0.2, -0.15) is 12.6 Å². The van der Waals surface area contributed by atoms with Crippen LogP contribution in [0, 0.1) is 6.92 Å². The number of hydrogen-bond acceptors (Lipinski definition) is 2.